The first kappa shape index (κ1) is 12.6. The molecule has 1 aliphatic heterocycles. The van der Waals surface area contributed by atoms with Crippen LogP contribution in [-0.4, -0.2) is 30.6 Å². The summed E-state index contributed by atoms with van der Waals surface area (Å²) in [4.78, 5) is 2.62. The molecule has 1 aliphatic rings. The molecule has 1 fully saturated rings. The van der Waals surface area contributed by atoms with Crippen molar-refractivity contribution in [2.45, 2.75) is 33.4 Å². The summed E-state index contributed by atoms with van der Waals surface area (Å²) in [6.45, 7) is 11.3. The van der Waals surface area contributed by atoms with E-state index in [9.17, 15) is 0 Å². The van der Waals surface area contributed by atoms with Crippen molar-refractivity contribution in [2.24, 2.45) is 5.92 Å². The Kier molecular flexibility index (Phi) is 4.19. The molecule has 2 rings (SSSR count). The van der Waals surface area contributed by atoms with Crippen molar-refractivity contribution in [2.75, 3.05) is 19.6 Å². The van der Waals surface area contributed by atoms with E-state index in [1.165, 1.54) is 11.1 Å². The fourth-order valence-electron chi connectivity index (χ4n) is 2.67. The first-order valence-corrected chi connectivity index (χ1v) is 6.67. The number of nitrogens with one attached hydrogen (secondary N) is 1. The van der Waals surface area contributed by atoms with Gasteiger partial charge in [0.2, 0.25) is 0 Å². The van der Waals surface area contributed by atoms with Crippen LogP contribution in [0.4, 0.5) is 0 Å². The molecule has 0 bridgehead atoms. The fraction of sp³-hybridized carbons (Fsp3) is 0.600. The average Bonchev–Trinajstić information content (AvgIpc) is 2.29. The Hall–Kier alpha value is -0.860. The topological polar surface area (TPSA) is 15.3 Å². The Morgan fingerprint density at radius 1 is 1.41 bits per heavy atom. The average molecular weight is 232 g/mol. The maximum absolute atomic E-state index is 3.50. The Labute approximate surface area is 105 Å². The van der Waals surface area contributed by atoms with Crippen molar-refractivity contribution in [3.05, 3.63) is 35.4 Å². The molecule has 0 saturated carbocycles. The fourth-order valence-corrected chi connectivity index (χ4v) is 2.67. The van der Waals surface area contributed by atoms with Gasteiger partial charge in [0.15, 0.2) is 0 Å². The Bertz CT molecular complexity index is 360. The molecule has 0 aliphatic carbocycles. The molecule has 1 aromatic carbocycles. The lowest BCUT2D eigenvalue weighted by Gasteiger charge is -2.38. The third-order valence-corrected chi connectivity index (χ3v) is 3.64. The van der Waals surface area contributed by atoms with E-state index in [1.54, 1.807) is 0 Å². The molecule has 17 heavy (non-hydrogen) atoms. The Morgan fingerprint density at radius 3 is 2.94 bits per heavy atom. The van der Waals surface area contributed by atoms with Crippen molar-refractivity contribution >= 4 is 0 Å². The van der Waals surface area contributed by atoms with Gasteiger partial charge in [-0.25, -0.2) is 0 Å². The van der Waals surface area contributed by atoms with Crippen LogP contribution in [0.2, 0.25) is 0 Å². The van der Waals surface area contributed by atoms with Gasteiger partial charge in [-0.3, -0.25) is 4.90 Å². The van der Waals surface area contributed by atoms with E-state index in [2.05, 4.69) is 55.3 Å². The first-order chi connectivity index (χ1) is 8.16. The first-order valence-electron chi connectivity index (χ1n) is 6.67. The number of benzene rings is 1. The van der Waals surface area contributed by atoms with Crippen molar-refractivity contribution in [1.82, 2.24) is 10.2 Å². The summed E-state index contributed by atoms with van der Waals surface area (Å²) >= 11 is 0. The molecule has 2 nitrogen and oxygen atoms in total. The lowest BCUT2D eigenvalue weighted by atomic mass is 9.99. The zero-order valence-corrected chi connectivity index (χ0v) is 11.2. The van der Waals surface area contributed by atoms with Gasteiger partial charge in [-0.1, -0.05) is 43.7 Å². The quantitative estimate of drug-likeness (QED) is 0.861. The van der Waals surface area contributed by atoms with E-state index in [0.717, 1.165) is 26.2 Å². The monoisotopic (exact) mass is 232 g/mol. The minimum atomic E-state index is 0.671. The van der Waals surface area contributed by atoms with Crippen LogP contribution >= 0.6 is 0 Å². The molecule has 0 amide bonds. The third kappa shape index (κ3) is 3.30. The summed E-state index contributed by atoms with van der Waals surface area (Å²) in [7, 11) is 0. The summed E-state index contributed by atoms with van der Waals surface area (Å²) in [5.74, 6) is 0.715. The van der Waals surface area contributed by atoms with Crippen molar-refractivity contribution in [3.8, 4) is 0 Å². The Morgan fingerprint density at radius 2 is 2.24 bits per heavy atom. The van der Waals surface area contributed by atoms with Gasteiger partial charge in [0.05, 0.1) is 0 Å². The molecule has 1 saturated heterocycles. The second-order valence-corrected chi connectivity index (χ2v) is 5.48. The number of aryl methyl sites for hydroxylation is 1. The predicted octanol–water partition coefficient (Wildman–Crippen LogP) is 2.42. The van der Waals surface area contributed by atoms with Crippen LogP contribution in [0.5, 0.6) is 0 Å². The van der Waals surface area contributed by atoms with Crippen molar-refractivity contribution in [3.63, 3.8) is 0 Å². The summed E-state index contributed by atoms with van der Waals surface area (Å²) < 4.78 is 0. The highest BCUT2D eigenvalue weighted by Gasteiger charge is 2.24. The molecular formula is C15H24N2. The molecule has 0 spiro atoms. The summed E-state index contributed by atoms with van der Waals surface area (Å²) in [6.07, 6.45) is 0. The normalized spacial score (nSPS) is 22.0. The van der Waals surface area contributed by atoms with Crippen LogP contribution in [0.15, 0.2) is 24.3 Å². The largest absolute Gasteiger partial charge is 0.314 e. The molecule has 1 unspecified atom stereocenters. The van der Waals surface area contributed by atoms with Crippen LogP contribution in [0.3, 0.4) is 0 Å². The van der Waals surface area contributed by atoms with Crippen LogP contribution in [0, 0.1) is 12.8 Å². The number of hydrogen-bond donors (Lipinski definition) is 1. The highest BCUT2D eigenvalue weighted by molar-refractivity contribution is 5.22. The zero-order valence-electron chi connectivity index (χ0n) is 11.2. The molecule has 0 radical (unpaired) electrons. The minimum absolute atomic E-state index is 0.671. The predicted molar refractivity (Wildman–Crippen MR) is 73.1 cm³/mol. The summed E-state index contributed by atoms with van der Waals surface area (Å²) in [6, 6.07) is 9.55. The molecule has 1 N–H and O–H groups in total. The number of piperazine rings is 1. The zero-order chi connectivity index (χ0) is 12.3. The van der Waals surface area contributed by atoms with Crippen molar-refractivity contribution in [1.29, 1.82) is 0 Å². The molecule has 1 heterocycles. The van der Waals surface area contributed by atoms with Gasteiger partial charge in [-0.05, 0) is 18.4 Å². The molecular weight excluding hydrogens is 208 g/mol. The van der Waals surface area contributed by atoms with E-state index in [1.807, 2.05) is 0 Å². The van der Waals surface area contributed by atoms with Crippen LogP contribution in [0.25, 0.3) is 0 Å². The van der Waals surface area contributed by atoms with E-state index < -0.39 is 0 Å². The number of hydrogen-bond acceptors (Lipinski definition) is 2. The van der Waals surface area contributed by atoms with Gasteiger partial charge in [0.1, 0.15) is 0 Å². The molecule has 0 aromatic heterocycles. The minimum Gasteiger partial charge on any atom is -0.314 e. The molecule has 1 aromatic rings. The van der Waals surface area contributed by atoms with E-state index in [4.69, 9.17) is 0 Å². The van der Waals surface area contributed by atoms with Crippen molar-refractivity contribution < 1.29 is 0 Å². The van der Waals surface area contributed by atoms with Gasteiger partial charge in [0, 0.05) is 32.2 Å². The van der Waals surface area contributed by atoms with Crippen LogP contribution < -0.4 is 5.32 Å². The summed E-state index contributed by atoms with van der Waals surface area (Å²) in [5, 5.41) is 3.50. The highest BCUT2D eigenvalue weighted by atomic mass is 15.2. The Balaban J connectivity index is 2.05. The van der Waals surface area contributed by atoms with Gasteiger partial charge in [0.25, 0.3) is 0 Å². The lowest BCUT2D eigenvalue weighted by molar-refractivity contribution is 0.117. The lowest BCUT2D eigenvalue weighted by Crippen LogP contribution is -2.52. The van der Waals surface area contributed by atoms with Crippen LogP contribution in [0.1, 0.15) is 25.0 Å². The second kappa shape index (κ2) is 5.65. The van der Waals surface area contributed by atoms with E-state index in [-0.39, 0.29) is 0 Å². The smallest absolute Gasteiger partial charge is 0.0247 e. The van der Waals surface area contributed by atoms with Gasteiger partial charge < -0.3 is 5.32 Å². The van der Waals surface area contributed by atoms with E-state index >= 15 is 0 Å². The van der Waals surface area contributed by atoms with Gasteiger partial charge in [-0.15, -0.1) is 0 Å². The maximum Gasteiger partial charge on any atom is 0.0247 e. The standard InChI is InChI=1S/C15H24N2/c1-12(2)15-10-16-7-8-17(15)11-14-6-4-5-13(3)9-14/h4-6,9,12,15-16H,7-8,10-11H2,1-3H3. The van der Waals surface area contributed by atoms with Gasteiger partial charge >= 0.3 is 0 Å². The molecule has 1 atom stereocenters. The molecule has 94 valence electrons. The van der Waals surface area contributed by atoms with Gasteiger partial charge in [-0.2, -0.15) is 0 Å². The SMILES string of the molecule is Cc1cccc(CN2CCNCC2C(C)C)c1. The maximum atomic E-state index is 3.50. The number of rotatable bonds is 3. The molecule has 2 heteroatoms. The highest BCUT2D eigenvalue weighted by Crippen LogP contribution is 2.16. The number of nitrogens with zero attached hydrogens (tertiary/aromatic N) is 1. The van der Waals surface area contributed by atoms with Crippen LogP contribution in [-0.2, 0) is 6.54 Å². The summed E-state index contributed by atoms with van der Waals surface area (Å²) in [5.41, 5.74) is 2.80. The third-order valence-electron chi connectivity index (χ3n) is 3.64. The second-order valence-electron chi connectivity index (χ2n) is 5.48. The van der Waals surface area contributed by atoms with E-state index in [0.29, 0.717) is 12.0 Å².